The molecule has 0 aliphatic carbocycles. The minimum atomic E-state index is 0.0627. The second kappa shape index (κ2) is 5.19. The number of thiazole rings is 1. The molecule has 0 aliphatic rings. The minimum Gasteiger partial charge on any atom is -0.297 e. The van der Waals surface area contributed by atoms with Crippen molar-refractivity contribution in [3.05, 3.63) is 56.2 Å². The van der Waals surface area contributed by atoms with Gasteiger partial charge in [0.1, 0.15) is 0 Å². The van der Waals surface area contributed by atoms with Crippen LogP contribution in [0, 0.1) is 0 Å². The van der Waals surface area contributed by atoms with E-state index in [2.05, 4.69) is 36.8 Å². The Balaban J connectivity index is 1.86. The summed E-state index contributed by atoms with van der Waals surface area (Å²) in [4.78, 5) is 17.6. The first-order chi connectivity index (χ1) is 9.11. The third kappa shape index (κ3) is 2.80. The molecule has 6 heteroatoms. The summed E-state index contributed by atoms with van der Waals surface area (Å²) >= 11 is 8.34. The summed E-state index contributed by atoms with van der Waals surface area (Å²) in [7, 11) is 0. The van der Waals surface area contributed by atoms with E-state index in [0.717, 1.165) is 19.6 Å². The van der Waals surface area contributed by atoms with Crippen molar-refractivity contribution >= 4 is 53.9 Å². The molecule has 0 unspecified atom stereocenters. The first kappa shape index (κ1) is 13.0. The standard InChI is InChI=1S/C13H8Br2N2OS/c14-9-3-8(4-10(15)5-9)12(18)6-11-7-17-1-2-19-13(17)16-11/h1-5,7H,6H2. The SMILES string of the molecule is O=C(Cc1cn2ccsc2n1)c1cc(Br)cc(Br)c1. The lowest BCUT2D eigenvalue weighted by molar-refractivity contribution is 0.0992. The molecule has 0 aliphatic heterocycles. The molecule has 1 aromatic carbocycles. The zero-order valence-electron chi connectivity index (χ0n) is 9.64. The van der Waals surface area contributed by atoms with Crippen LogP contribution in [-0.4, -0.2) is 15.2 Å². The van der Waals surface area contributed by atoms with Gasteiger partial charge in [0, 0.05) is 32.3 Å². The smallest absolute Gasteiger partial charge is 0.193 e. The van der Waals surface area contributed by atoms with E-state index in [1.54, 1.807) is 11.3 Å². The lowest BCUT2D eigenvalue weighted by Gasteiger charge is -2.01. The van der Waals surface area contributed by atoms with Crippen LogP contribution in [0.5, 0.6) is 0 Å². The molecule has 2 aromatic heterocycles. The van der Waals surface area contributed by atoms with E-state index in [1.807, 2.05) is 40.4 Å². The Morgan fingerprint density at radius 2 is 2.00 bits per heavy atom. The number of aromatic nitrogens is 2. The van der Waals surface area contributed by atoms with Crippen LogP contribution in [-0.2, 0) is 6.42 Å². The predicted octanol–water partition coefficient (Wildman–Crippen LogP) is 4.35. The van der Waals surface area contributed by atoms with E-state index >= 15 is 0 Å². The molecule has 0 bridgehead atoms. The molecule has 0 amide bonds. The number of carbonyl (C=O) groups excluding carboxylic acids is 1. The summed E-state index contributed by atoms with van der Waals surface area (Å²) in [5.74, 6) is 0.0627. The van der Waals surface area contributed by atoms with Crippen molar-refractivity contribution in [1.29, 1.82) is 0 Å². The van der Waals surface area contributed by atoms with Gasteiger partial charge >= 0.3 is 0 Å². The fourth-order valence-electron chi connectivity index (χ4n) is 1.84. The lowest BCUT2D eigenvalue weighted by atomic mass is 10.1. The predicted molar refractivity (Wildman–Crippen MR) is 82.9 cm³/mol. The fourth-order valence-corrected chi connectivity index (χ4v) is 3.86. The Morgan fingerprint density at radius 1 is 1.26 bits per heavy atom. The Labute approximate surface area is 130 Å². The molecule has 3 rings (SSSR count). The van der Waals surface area contributed by atoms with Gasteiger partial charge in [0.15, 0.2) is 10.7 Å². The number of ketones is 1. The van der Waals surface area contributed by atoms with Crippen molar-refractivity contribution in [2.24, 2.45) is 0 Å². The van der Waals surface area contributed by atoms with Crippen molar-refractivity contribution in [3.8, 4) is 0 Å². The Kier molecular flexibility index (Phi) is 3.56. The van der Waals surface area contributed by atoms with Gasteiger partial charge < -0.3 is 0 Å². The zero-order chi connectivity index (χ0) is 13.4. The van der Waals surface area contributed by atoms with Gasteiger partial charge in [-0.05, 0) is 18.2 Å². The molecular weight excluding hydrogens is 392 g/mol. The molecule has 3 aromatic rings. The van der Waals surface area contributed by atoms with Crippen LogP contribution < -0.4 is 0 Å². The van der Waals surface area contributed by atoms with Crippen molar-refractivity contribution in [3.63, 3.8) is 0 Å². The van der Waals surface area contributed by atoms with Gasteiger partial charge in [-0.2, -0.15) is 0 Å². The van der Waals surface area contributed by atoms with Crippen LogP contribution in [0.1, 0.15) is 16.1 Å². The average molecular weight is 400 g/mol. The Hall–Kier alpha value is -0.980. The van der Waals surface area contributed by atoms with Gasteiger partial charge in [-0.15, -0.1) is 11.3 Å². The molecule has 96 valence electrons. The minimum absolute atomic E-state index is 0.0627. The van der Waals surface area contributed by atoms with Crippen LogP contribution in [0.4, 0.5) is 0 Å². The van der Waals surface area contributed by atoms with Gasteiger partial charge in [-0.3, -0.25) is 9.20 Å². The number of rotatable bonds is 3. The molecule has 0 fully saturated rings. The topological polar surface area (TPSA) is 34.4 Å². The third-order valence-corrected chi connectivity index (χ3v) is 4.36. The number of hydrogen-bond acceptors (Lipinski definition) is 3. The van der Waals surface area contributed by atoms with E-state index in [4.69, 9.17) is 0 Å². The number of carbonyl (C=O) groups is 1. The van der Waals surface area contributed by atoms with Gasteiger partial charge in [0.2, 0.25) is 0 Å². The second-order valence-corrected chi connectivity index (χ2v) is 6.79. The first-order valence-corrected chi connectivity index (χ1v) is 7.99. The Bertz CT molecular complexity index is 714. The normalized spacial score (nSPS) is 11.1. The number of nitrogens with zero attached hydrogens (tertiary/aromatic N) is 2. The largest absolute Gasteiger partial charge is 0.297 e. The molecule has 0 spiro atoms. The van der Waals surface area contributed by atoms with Gasteiger partial charge in [-0.1, -0.05) is 31.9 Å². The molecule has 2 heterocycles. The van der Waals surface area contributed by atoms with Crippen LogP contribution in [0.3, 0.4) is 0 Å². The molecular formula is C13H8Br2N2OS. The average Bonchev–Trinajstić information content (AvgIpc) is 2.88. The summed E-state index contributed by atoms with van der Waals surface area (Å²) in [5, 5.41) is 1.97. The summed E-state index contributed by atoms with van der Waals surface area (Å²) in [6, 6.07) is 5.56. The van der Waals surface area contributed by atoms with Crippen LogP contribution in [0.25, 0.3) is 4.96 Å². The van der Waals surface area contributed by atoms with E-state index < -0.39 is 0 Å². The van der Waals surface area contributed by atoms with Crippen LogP contribution >= 0.6 is 43.2 Å². The zero-order valence-corrected chi connectivity index (χ0v) is 13.6. The van der Waals surface area contributed by atoms with Crippen LogP contribution in [0.15, 0.2) is 44.9 Å². The molecule has 0 radical (unpaired) electrons. The van der Waals surface area contributed by atoms with Crippen molar-refractivity contribution in [2.75, 3.05) is 0 Å². The van der Waals surface area contributed by atoms with Crippen molar-refractivity contribution < 1.29 is 4.79 Å². The quantitative estimate of drug-likeness (QED) is 0.613. The van der Waals surface area contributed by atoms with Crippen molar-refractivity contribution in [1.82, 2.24) is 9.38 Å². The van der Waals surface area contributed by atoms with Gasteiger partial charge in [0.25, 0.3) is 0 Å². The van der Waals surface area contributed by atoms with Gasteiger partial charge in [0.05, 0.1) is 12.1 Å². The molecule has 0 atom stereocenters. The summed E-state index contributed by atoms with van der Waals surface area (Å²) in [5.41, 5.74) is 1.48. The highest BCUT2D eigenvalue weighted by Crippen LogP contribution is 2.21. The third-order valence-electron chi connectivity index (χ3n) is 2.67. The summed E-state index contributed by atoms with van der Waals surface area (Å²) in [6.07, 6.45) is 4.16. The Morgan fingerprint density at radius 3 is 2.68 bits per heavy atom. The number of imidazole rings is 1. The highest BCUT2D eigenvalue weighted by molar-refractivity contribution is 9.11. The van der Waals surface area contributed by atoms with E-state index in [-0.39, 0.29) is 5.78 Å². The monoisotopic (exact) mass is 398 g/mol. The van der Waals surface area contributed by atoms with Gasteiger partial charge in [-0.25, -0.2) is 4.98 Å². The van der Waals surface area contributed by atoms with Crippen molar-refractivity contribution in [2.45, 2.75) is 6.42 Å². The molecule has 0 saturated carbocycles. The summed E-state index contributed by atoms with van der Waals surface area (Å²) in [6.45, 7) is 0. The number of fused-ring (bicyclic) bond motifs is 1. The van der Waals surface area contributed by atoms with E-state index in [1.165, 1.54) is 0 Å². The summed E-state index contributed by atoms with van der Waals surface area (Å²) < 4.78 is 3.71. The lowest BCUT2D eigenvalue weighted by Crippen LogP contribution is -2.04. The number of Topliss-reactive ketones (excluding diaryl/α,β-unsaturated/α-hetero) is 1. The maximum atomic E-state index is 12.2. The maximum Gasteiger partial charge on any atom is 0.193 e. The maximum absolute atomic E-state index is 12.2. The highest BCUT2D eigenvalue weighted by Gasteiger charge is 2.11. The molecule has 19 heavy (non-hydrogen) atoms. The molecule has 0 N–H and O–H groups in total. The molecule has 3 nitrogen and oxygen atoms in total. The number of halogens is 2. The van der Waals surface area contributed by atoms with E-state index in [9.17, 15) is 4.79 Å². The second-order valence-electron chi connectivity index (χ2n) is 4.08. The van der Waals surface area contributed by atoms with Crippen LogP contribution in [0.2, 0.25) is 0 Å². The molecule has 0 saturated heterocycles. The van der Waals surface area contributed by atoms with E-state index in [0.29, 0.717) is 12.0 Å². The fraction of sp³-hybridized carbons (Fsp3) is 0.0769. The number of benzene rings is 1. The highest BCUT2D eigenvalue weighted by atomic mass is 79.9. The number of hydrogen-bond donors (Lipinski definition) is 0. The first-order valence-electron chi connectivity index (χ1n) is 5.52.